The fourth-order valence-corrected chi connectivity index (χ4v) is 1.58. The van der Waals surface area contributed by atoms with E-state index in [0.717, 1.165) is 0 Å². The summed E-state index contributed by atoms with van der Waals surface area (Å²) in [5, 5.41) is 2.93. The van der Waals surface area contributed by atoms with Gasteiger partial charge in [0, 0.05) is 14.1 Å². The van der Waals surface area contributed by atoms with Gasteiger partial charge in [0.2, 0.25) is 17.8 Å². The molecule has 0 fully saturated rings. The summed E-state index contributed by atoms with van der Waals surface area (Å²) in [7, 11) is 3.52. The highest BCUT2D eigenvalue weighted by molar-refractivity contribution is 6.33. The molecule has 0 radical (unpaired) electrons. The number of nitrogen functional groups attached to an aromatic ring is 1. The van der Waals surface area contributed by atoms with Gasteiger partial charge in [0.25, 0.3) is 0 Å². The van der Waals surface area contributed by atoms with Crippen molar-refractivity contribution in [2.24, 2.45) is 0 Å². The lowest BCUT2D eigenvalue weighted by molar-refractivity contribution is 0.631. The van der Waals surface area contributed by atoms with Gasteiger partial charge in [0.1, 0.15) is 5.82 Å². The number of nitrogens with one attached hydrogen (secondary N) is 1. The fraction of sp³-hybridized carbons (Fsp3) is 0.182. The summed E-state index contributed by atoms with van der Waals surface area (Å²) in [4.78, 5) is 13.6. The number of hydrogen-bond acceptors (Lipinski definition) is 6. The van der Waals surface area contributed by atoms with Crippen LogP contribution >= 0.6 is 11.6 Å². The molecule has 2 rings (SSSR count). The third kappa shape index (κ3) is 3.00. The van der Waals surface area contributed by atoms with Gasteiger partial charge in [-0.2, -0.15) is 15.0 Å². The third-order valence-electron chi connectivity index (χ3n) is 2.24. The van der Waals surface area contributed by atoms with E-state index in [-0.39, 0.29) is 22.6 Å². The quantitative estimate of drug-likeness (QED) is 0.897. The Bertz CT molecular complexity index is 583. The lowest BCUT2D eigenvalue weighted by Gasteiger charge is -2.13. The maximum Gasteiger partial charge on any atom is 0.233 e. The molecular formula is C11H12ClFN6. The van der Waals surface area contributed by atoms with E-state index in [2.05, 4.69) is 20.3 Å². The number of hydrogen-bond donors (Lipinski definition) is 2. The molecule has 0 atom stereocenters. The van der Waals surface area contributed by atoms with E-state index >= 15 is 0 Å². The van der Waals surface area contributed by atoms with Gasteiger partial charge >= 0.3 is 0 Å². The summed E-state index contributed by atoms with van der Waals surface area (Å²) in [6.07, 6.45) is 0. The standard InChI is InChI=1S/C11H12ClFN6/c1-19(2)11-17-9(14)16-10(18-11)15-8-6(12)4-3-5-7(8)13/h3-5H,1-2H3,(H3,14,15,16,17,18). The maximum atomic E-state index is 13.6. The van der Waals surface area contributed by atoms with Gasteiger partial charge in [0.15, 0.2) is 0 Å². The lowest BCUT2D eigenvalue weighted by Crippen LogP contribution is -2.15. The Hall–Kier alpha value is -2.15. The molecule has 1 aromatic heterocycles. The van der Waals surface area contributed by atoms with Crippen LogP contribution in [-0.2, 0) is 0 Å². The third-order valence-corrected chi connectivity index (χ3v) is 2.56. The van der Waals surface area contributed by atoms with Gasteiger partial charge < -0.3 is 16.0 Å². The molecule has 6 nitrogen and oxygen atoms in total. The molecule has 3 N–H and O–H groups in total. The molecular weight excluding hydrogens is 271 g/mol. The predicted octanol–water partition coefficient (Wildman–Crippen LogP) is 2.06. The van der Waals surface area contributed by atoms with Gasteiger partial charge in [-0.1, -0.05) is 17.7 Å². The zero-order valence-electron chi connectivity index (χ0n) is 10.4. The second-order valence-corrected chi connectivity index (χ2v) is 4.34. The van der Waals surface area contributed by atoms with E-state index in [9.17, 15) is 4.39 Å². The summed E-state index contributed by atoms with van der Waals surface area (Å²) in [6, 6.07) is 4.35. The Balaban J connectivity index is 2.38. The molecule has 0 aliphatic rings. The highest BCUT2D eigenvalue weighted by Crippen LogP contribution is 2.27. The van der Waals surface area contributed by atoms with Crippen molar-refractivity contribution < 1.29 is 4.39 Å². The van der Waals surface area contributed by atoms with Crippen LogP contribution in [0.1, 0.15) is 0 Å². The summed E-state index contributed by atoms with van der Waals surface area (Å²) < 4.78 is 13.6. The zero-order valence-corrected chi connectivity index (χ0v) is 11.1. The molecule has 19 heavy (non-hydrogen) atoms. The fourth-order valence-electron chi connectivity index (χ4n) is 1.37. The first-order valence-corrected chi connectivity index (χ1v) is 5.75. The second-order valence-electron chi connectivity index (χ2n) is 3.93. The number of aromatic nitrogens is 3. The molecule has 1 aromatic carbocycles. The Labute approximate surface area is 114 Å². The summed E-state index contributed by atoms with van der Waals surface area (Å²) in [5.74, 6) is 0.0252. The minimum atomic E-state index is -0.502. The minimum Gasteiger partial charge on any atom is -0.368 e. The number of rotatable bonds is 3. The average molecular weight is 283 g/mol. The SMILES string of the molecule is CN(C)c1nc(N)nc(Nc2c(F)cccc2Cl)n1. The van der Waals surface area contributed by atoms with Crippen molar-refractivity contribution in [1.82, 2.24) is 15.0 Å². The van der Waals surface area contributed by atoms with Crippen molar-refractivity contribution in [3.05, 3.63) is 29.0 Å². The Morgan fingerprint density at radius 3 is 2.63 bits per heavy atom. The molecule has 100 valence electrons. The van der Waals surface area contributed by atoms with E-state index in [1.54, 1.807) is 25.1 Å². The number of nitrogens with two attached hydrogens (primary N) is 1. The number of halogens is 2. The van der Waals surface area contributed by atoms with Crippen LogP contribution in [0.15, 0.2) is 18.2 Å². The van der Waals surface area contributed by atoms with Gasteiger partial charge in [-0.05, 0) is 12.1 Å². The summed E-state index contributed by atoms with van der Waals surface area (Å²) >= 11 is 5.91. The second kappa shape index (κ2) is 5.23. The highest BCUT2D eigenvalue weighted by Gasteiger charge is 2.11. The largest absolute Gasteiger partial charge is 0.368 e. The highest BCUT2D eigenvalue weighted by atomic mass is 35.5. The predicted molar refractivity (Wildman–Crippen MR) is 73.3 cm³/mol. The molecule has 0 spiro atoms. The van der Waals surface area contributed by atoms with Crippen LogP contribution < -0.4 is 16.0 Å². The number of benzene rings is 1. The van der Waals surface area contributed by atoms with Gasteiger partial charge in [-0.25, -0.2) is 4.39 Å². The van der Waals surface area contributed by atoms with Crippen LogP contribution in [0, 0.1) is 5.82 Å². The average Bonchev–Trinajstić information content (AvgIpc) is 2.33. The van der Waals surface area contributed by atoms with E-state index < -0.39 is 5.82 Å². The minimum absolute atomic E-state index is 0.0358. The summed E-state index contributed by atoms with van der Waals surface area (Å²) in [6.45, 7) is 0. The van der Waals surface area contributed by atoms with Crippen molar-refractivity contribution in [3.63, 3.8) is 0 Å². The van der Waals surface area contributed by atoms with Crippen molar-refractivity contribution in [2.45, 2.75) is 0 Å². The molecule has 0 saturated heterocycles. The Morgan fingerprint density at radius 2 is 2.00 bits per heavy atom. The summed E-state index contributed by atoms with van der Waals surface area (Å²) in [5.41, 5.74) is 5.67. The van der Waals surface area contributed by atoms with Crippen molar-refractivity contribution in [2.75, 3.05) is 30.0 Å². The number of anilines is 4. The lowest BCUT2D eigenvalue weighted by atomic mass is 10.3. The molecule has 0 amide bonds. The van der Waals surface area contributed by atoms with Crippen LogP contribution in [0.3, 0.4) is 0 Å². The first kappa shape index (κ1) is 13.3. The van der Waals surface area contributed by atoms with E-state index in [1.807, 2.05) is 0 Å². The van der Waals surface area contributed by atoms with Gasteiger partial charge in [-0.3, -0.25) is 0 Å². The van der Waals surface area contributed by atoms with Crippen LogP contribution in [0.5, 0.6) is 0 Å². The van der Waals surface area contributed by atoms with Crippen molar-refractivity contribution >= 4 is 35.1 Å². The number of nitrogens with zero attached hydrogens (tertiary/aromatic N) is 4. The van der Waals surface area contributed by atoms with Gasteiger partial charge in [0.05, 0.1) is 10.7 Å². The van der Waals surface area contributed by atoms with Crippen LogP contribution in [0.2, 0.25) is 5.02 Å². The normalized spacial score (nSPS) is 10.3. The van der Waals surface area contributed by atoms with Gasteiger partial charge in [-0.15, -0.1) is 0 Å². The zero-order chi connectivity index (χ0) is 14.0. The molecule has 0 unspecified atom stereocenters. The molecule has 1 heterocycles. The maximum absolute atomic E-state index is 13.6. The first-order valence-electron chi connectivity index (χ1n) is 5.37. The molecule has 0 aliphatic heterocycles. The Kier molecular flexibility index (Phi) is 3.66. The molecule has 8 heteroatoms. The van der Waals surface area contributed by atoms with Crippen LogP contribution in [0.4, 0.5) is 27.9 Å². The van der Waals surface area contributed by atoms with Crippen molar-refractivity contribution in [1.29, 1.82) is 0 Å². The topological polar surface area (TPSA) is 80.0 Å². The van der Waals surface area contributed by atoms with E-state index in [4.69, 9.17) is 17.3 Å². The monoisotopic (exact) mass is 282 g/mol. The smallest absolute Gasteiger partial charge is 0.233 e. The molecule has 2 aromatic rings. The molecule has 0 aliphatic carbocycles. The van der Waals surface area contributed by atoms with Crippen LogP contribution in [-0.4, -0.2) is 29.0 Å². The first-order chi connectivity index (χ1) is 8.97. The van der Waals surface area contributed by atoms with Crippen molar-refractivity contribution in [3.8, 4) is 0 Å². The Morgan fingerprint density at radius 1 is 1.26 bits per heavy atom. The van der Waals surface area contributed by atoms with E-state index in [0.29, 0.717) is 5.95 Å². The number of para-hydroxylation sites is 1. The van der Waals surface area contributed by atoms with Crippen LogP contribution in [0.25, 0.3) is 0 Å². The molecule has 0 bridgehead atoms. The molecule has 0 saturated carbocycles. The van der Waals surface area contributed by atoms with E-state index in [1.165, 1.54) is 12.1 Å².